The maximum absolute atomic E-state index is 13.0. The van der Waals surface area contributed by atoms with E-state index < -0.39 is 17.9 Å². The van der Waals surface area contributed by atoms with Gasteiger partial charge in [-0.05, 0) is 42.0 Å². The number of methoxy groups -OCH3 is 2. The van der Waals surface area contributed by atoms with Gasteiger partial charge in [-0.15, -0.1) is 0 Å². The van der Waals surface area contributed by atoms with Crippen LogP contribution in [0.3, 0.4) is 0 Å². The zero-order chi connectivity index (χ0) is 18.7. The van der Waals surface area contributed by atoms with E-state index in [2.05, 4.69) is 10.5 Å². The Morgan fingerprint density at radius 2 is 1.69 bits per heavy atom. The van der Waals surface area contributed by atoms with E-state index in [1.165, 1.54) is 7.11 Å². The van der Waals surface area contributed by atoms with Crippen molar-refractivity contribution < 1.29 is 19.1 Å². The number of ketones is 1. The average Bonchev–Trinajstić information content (AvgIpc) is 3.12. The quantitative estimate of drug-likeness (QED) is 0.645. The largest absolute Gasteiger partial charge is 0.497 e. The standard InChI is InChI=1S/C19H17ClN2O4/c1-25-14-9-5-11(6-10-14)15-16(21-22-17(15)19(24)26-2)18(23)12-3-7-13(20)8-4-12/h3-10,15-16,21H,1-2H3. The Morgan fingerprint density at radius 3 is 2.27 bits per heavy atom. The van der Waals surface area contributed by atoms with Gasteiger partial charge in [-0.2, -0.15) is 5.10 Å². The molecular weight excluding hydrogens is 356 g/mol. The lowest BCUT2D eigenvalue weighted by Crippen LogP contribution is -2.37. The number of esters is 1. The number of ether oxygens (including phenoxy) is 2. The number of hydrazone groups is 1. The summed E-state index contributed by atoms with van der Waals surface area (Å²) in [4.78, 5) is 25.1. The molecule has 0 saturated carbocycles. The molecule has 1 aliphatic heterocycles. The molecular formula is C19H17ClN2O4. The van der Waals surface area contributed by atoms with Gasteiger partial charge in [-0.3, -0.25) is 10.2 Å². The van der Waals surface area contributed by atoms with Gasteiger partial charge in [0.15, 0.2) is 11.5 Å². The maximum Gasteiger partial charge on any atom is 0.354 e. The van der Waals surface area contributed by atoms with Crippen molar-refractivity contribution in [3.8, 4) is 5.75 Å². The number of hydrogen-bond acceptors (Lipinski definition) is 6. The summed E-state index contributed by atoms with van der Waals surface area (Å²) in [5.41, 5.74) is 4.18. The molecule has 2 aromatic carbocycles. The van der Waals surface area contributed by atoms with E-state index in [1.54, 1.807) is 55.6 Å². The van der Waals surface area contributed by atoms with Crippen LogP contribution in [-0.4, -0.2) is 37.7 Å². The Balaban J connectivity index is 1.96. The highest BCUT2D eigenvalue weighted by molar-refractivity contribution is 6.40. The van der Waals surface area contributed by atoms with Gasteiger partial charge in [0.2, 0.25) is 0 Å². The van der Waals surface area contributed by atoms with Crippen LogP contribution < -0.4 is 10.2 Å². The van der Waals surface area contributed by atoms with Gasteiger partial charge in [-0.25, -0.2) is 4.79 Å². The van der Waals surface area contributed by atoms with Crippen LogP contribution in [0, 0.1) is 0 Å². The van der Waals surface area contributed by atoms with Crippen LogP contribution in [-0.2, 0) is 9.53 Å². The molecule has 26 heavy (non-hydrogen) atoms. The highest BCUT2D eigenvalue weighted by Crippen LogP contribution is 2.30. The average molecular weight is 373 g/mol. The molecule has 0 amide bonds. The number of hydrogen-bond donors (Lipinski definition) is 1. The number of halogens is 1. The molecule has 2 atom stereocenters. The number of Topliss-reactive ketones (excluding diaryl/α,β-unsaturated/α-hetero) is 1. The van der Waals surface area contributed by atoms with Crippen molar-refractivity contribution in [3.63, 3.8) is 0 Å². The van der Waals surface area contributed by atoms with Crippen LogP contribution in [0.1, 0.15) is 21.8 Å². The van der Waals surface area contributed by atoms with Crippen molar-refractivity contribution in [2.24, 2.45) is 5.10 Å². The van der Waals surface area contributed by atoms with Gasteiger partial charge in [-0.1, -0.05) is 23.7 Å². The molecule has 134 valence electrons. The number of nitrogens with one attached hydrogen (secondary N) is 1. The van der Waals surface area contributed by atoms with Gasteiger partial charge in [0.25, 0.3) is 0 Å². The third kappa shape index (κ3) is 3.41. The molecule has 0 aromatic heterocycles. The highest BCUT2D eigenvalue weighted by atomic mass is 35.5. The van der Waals surface area contributed by atoms with Crippen LogP contribution in [0.2, 0.25) is 5.02 Å². The minimum atomic E-state index is -0.723. The third-order valence-electron chi connectivity index (χ3n) is 4.23. The smallest absolute Gasteiger partial charge is 0.354 e. The van der Waals surface area contributed by atoms with Crippen molar-refractivity contribution in [2.45, 2.75) is 12.0 Å². The molecule has 1 N–H and O–H groups in total. The van der Waals surface area contributed by atoms with E-state index in [9.17, 15) is 9.59 Å². The van der Waals surface area contributed by atoms with Crippen molar-refractivity contribution in [2.75, 3.05) is 14.2 Å². The van der Waals surface area contributed by atoms with Crippen molar-refractivity contribution in [1.29, 1.82) is 0 Å². The van der Waals surface area contributed by atoms with E-state index >= 15 is 0 Å². The molecule has 0 saturated heterocycles. The SMILES string of the molecule is COC(=O)C1=NNC(C(=O)c2ccc(Cl)cc2)C1c1ccc(OC)cc1. The molecule has 6 nitrogen and oxygen atoms in total. The second kappa shape index (κ2) is 7.58. The summed E-state index contributed by atoms with van der Waals surface area (Å²) in [5, 5.41) is 4.61. The predicted molar refractivity (Wildman–Crippen MR) is 97.9 cm³/mol. The number of carbonyl (C=O) groups excluding carboxylic acids is 2. The Bertz CT molecular complexity index is 847. The normalized spacial score (nSPS) is 18.7. The summed E-state index contributed by atoms with van der Waals surface area (Å²) in [7, 11) is 2.85. The molecule has 3 rings (SSSR count). The molecule has 7 heteroatoms. The topological polar surface area (TPSA) is 77.0 Å². The van der Waals surface area contributed by atoms with E-state index in [1.807, 2.05) is 0 Å². The fourth-order valence-corrected chi connectivity index (χ4v) is 3.01. The van der Waals surface area contributed by atoms with Gasteiger partial charge in [0, 0.05) is 10.6 Å². The molecule has 0 aliphatic carbocycles. The van der Waals surface area contributed by atoms with Crippen molar-refractivity contribution in [1.82, 2.24) is 5.43 Å². The molecule has 1 heterocycles. The van der Waals surface area contributed by atoms with Crippen molar-refractivity contribution in [3.05, 3.63) is 64.7 Å². The Labute approximate surface area is 155 Å². The molecule has 0 fully saturated rings. The monoisotopic (exact) mass is 372 g/mol. The Hall–Kier alpha value is -2.86. The third-order valence-corrected chi connectivity index (χ3v) is 4.48. The van der Waals surface area contributed by atoms with E-state index in [0.717, 1.165) is 5.56 Å². The van der Waals surface area contributed by atoms with E-state index in [0.29, 0.717) is 16.3 Å². The first-order chi connectivity index (χ1) is 12.5. The second-order valence-corrected chi connectivity index (χ2v) is 6.15. The minimum absolute atomic E-state index is 0.157. The van der Waals surface area contributed by atoms with Crippen LogP contribution in [0.15, 0.2) is 53.6 Å². The Morgan fingerprint density at radius 1 is 1.04 bits per heavy atom. The molecule has 0 bridgehead atoms. The highest BCUT2D eigenvalue weighted by Gasteiger charge is 2.41. The lowest BCUT2D eigenvalue weighted by molar-refractivity contribution is -0.132. The van der Waals surface area contributed by atoms with Crippen LogP contribution in [0.4, 0.5) is 0 Å². The lowest BCUT2D eigenvalue weighted by atomic mass is 9.84. The molecule has 2 aromatic rings. The summed E-state index contributed by atoms with van der Waals surface area (Å²) >= 11 is 5.89. The number of carbonyl (C=O) groups is 2. The zero-order valence-corrected chi connectivity index (χ0v) is 15.0. The fourth-order valence-electron chi connectivity index (χ4n) is 2.88. The second-order valence-electron chi connectivity index (χ2n) is 5.72. The Kier molecular flexibility index (Phi) is 5.23. The first-order valence-electron chi connectivity index (χ1n) is 7.90. The lowest BCUT2D eigenvalue weighted by Gasteiger charge is -2.20. The zero-order valence-electron chi connectivity index (χ0n) is 14.2. The van der Waals surface area contributed by atoms with Crippen LogP contribution in [0.25, 0.3) is 0 Å². The van der Waals surface area contributed by atoms with Gasteiger partial charge in [0.05, 0.1) is 20.1 Å². The number of rotatable bonds is 5. The fraction of sp³-hybridized carbons (Fsp3) is 0.211. The van der Waals surface area contributed by atoms with Gasteiger partial charge in [0.1, 0.15) is 11.8 Å². The van der Waals surface area contributed by atoms with Gasteiger partial charge < -0.3 is 9.47 Å². The summed E-state index contributed by atoms with van der Waals surface area (Å²) in [5.74, 6) is -0.664. The minimum Gasteiger partial charge on any atom is -0.497 e. The van der Waals surface area contributed by atoms with E-state index in [4.69, 9.17) is 21.1 Å². The summed E-state index contributed by atoms with van der Waals surface area (Å²) in [6.07, 6.45) is 0. The first kappa shape index (κ1) is 17.9. The van der Waals surface area contributed by atoms with Crippen LogP contribution in [0.5, 0.6) is 5.75 Å². The summed E-state index contributed by atoms with van der Waals surface area (Å²) in [6, 6.07) is 13.0. The van der Waals surface area contributed by atoms with Crippen molar-refractivity contribution >= 4 is 29.1 Å². The van der Waals surface area contributed by atoms with Crippen LogP contribution >= 0.6 is 11.6 Å². The number of benzene rings is 2. The summed E-state index contributed by atoms with van der Waals surface area (Å²) in [6.45, 7) is 0. The first-order valence-corrected chi connectivity index (χ1v) is 8.28. The molecule has 2 unspecified atom stereocenters. The molecule has 1 aliphatic rings. The molecule has 0 radical (unpaired) electrons. The molecule has 0 spiro atoms. The van der Waals surface area contributed by atoms with Gasteiger partial charge >= 0.3 is 5.97 Å². The maximum atomic E-state index is 13.0. The number of nitrogens with zero attached hydrogens (tertiary/aromatic N) is 1. The van der Waals surface area contributed by atoms with E-state index in [-0.39, 0.29) is 11.5 Å². The summed E-state index contributed by atoms with van der Waals surface area (Å²) < 4.78 is 9.98. The predicted octanol–water partition coefficient (Wildman–Crippen LogP) is 2.82.